The predicted molar refractivity (Wildman–Crippen MR) is 107 cm³/mol. The van der Waals surface area contributed by atoms with E-state index in [4.69, 9.17) is 4.74 Å². The molecule has 1 atom stereocenters. The number of ether oxygens (including phenoxy) is 1. The van der Waals surface area contributed by atoms with Crippen molar-refractivity contribution in [1.82, 2.24) is 14.8 Å². The Hall–Kier alpha value is -1.25. The Morgan fingerprint density at radius 1 is 1.46 bits per heavy atom. The predicted octanol–water partition coefficient (Wildman–Crippen LogP) is 2.38. The topological polar surface area (TPSA) is 58.9 Å². The third-order valence-electron chi connectivity index (χ3n) is 3.92. The lowest BCUT2D eigenvalue weighted by Gasteiger charge is -2.23. The largest absolute Gasteiger partial charge is 0.460 e. The summed E-state index contributed by atoms with van der Waals surface area (Å²) >= 11 is 0. The highest BCUT2D eigenvalue weighted by Gasteiger charge is 2.33. The molecular formula is C17H29IN4O2. The average Bonchev–Trinajstić information content (AvgIpc) is 3.08. The number of nitrogens with zero attached hydrogens (tertiary/aromatic N) is 3. The molecule has 0 aliphatic carbocycles. The fraction of sp³-hybridized carbons (Fsp3) is 0.647. The Morgan fingerprint density at radius 2 is 2.17 bits per heavy atom. The van der Waals surface area contributed by atoms with Gasteiger partial charge in [0.1, 0.15) is 5.60 Å². The van der Waals surface area contributed by atoms with Gasteiger partial charge >= 0.3 is 5.97 Å². The number of carbonyl (C=O) groups excluding carboxylic acids is 1. The summed E-state index contributed by atoms with van der Waals surface area (Å²) in [5, 5.41) is 3.37. The van der Waals surface area contributed by atoms with Crippen molar-refractivity contribution in [1.29, 1.82) is 0 Å². The monoisotopic (exact) mass is 448 g/mol. The van der Waals surface area contributed by atoms with Gasteiger partial charge in [-0.25, -0.2) is 0 Å². The van der Waals surface area contributed by atoms with Crippen LogP contribution in [0.3, 0.4) is 0 Å². The lowest BCUT2D eigenvalue weighted by Crippen LogP contribution is -2.40. The van der Waals surface area contributed by atoms with Crippen LogP contribution < -0.4 is 5.32 Å². The zero-order valence-corrected chi connectivity index (χ0v) is 17.5. The third-order valence-corrected chi connectivity index (χ3v) is 3.92. The number of hydrogen-bond acceptors (Lipinski definition) is 3. The van der Waals surface area contributed by atoms with Gasteiger partial charge in [0, 0.05) is 39.1 Å². The summed E-state index contributed by atoms with van der Waals surface area (Å²) in [4.78, 5) is 18.7. The molecule has 0 radical (unpaired) electrons. The number of halogens is 1. The minimum Gasteiger partial charge on any atom is -0.460 e. The van der Waals surface area contributed by atoms with Crippen LogP contribution in [0.25, 0.3) is 0 Å². The Bertz CT molecular complexity index is 577. The van der Waals surface area contributed by atoms with Crippen LogP contribution in [0.1, 0.15) is 32.9 Å². The van der Waals surface area contributed by atoms with Crippen LogP contribution >= 0.6 is 24.0 Å². The molecule has 1 fully saturated rings. The number of aliphatic imine (C=N–C) groups is 1. The van der Waals surface area contributed by atoms with Crippen molar-refractivity contribution in [2.24, 2.45) is 18.0 Å². The SMILES string of the molecule is CN=C(NCc1cccn1C)N1CCC(C(=O)OC(C)(C)C)C1.I. The zero-order chi connectivity index (χ0) is 17.0. The molecule has 0 aromatic carbocycles. The Morgan fingerprint density at radius 3 is 2.71 bits per heavy atom. The van der Waals surface area contributed by atoms with E-state index in [1.165, 1.54) is 5.69 Å². The standard InChI is InChI=1S/C17H28N4O2.HI/c1-17(2,3)23-15(22)13-8-10-21(12-13)16(18-4)19-11-14-7-6-9-20(14)5;/h6-7,9,13H,8,10-12H2,1-5H3,(H,18,19);1H. The second-order valence-corrected chi connectivity index (χ2v) is 6.98. The second kappa shape index (κ2) is 8.73. The van der Waals surface area contributed by atoms with Gasteiger partial charge in [0.05, 0.1) is 12.5 Å². The van der Waals surface area contributed by atoms with E-state index in [-0.39, 0.29) is 35.9 Å². The molecule has 136 valence electrons. The van der Waals surface area contributed by atoms with Gasteiger partial charge < -0.3 is 19.5 Å². The minimum atomic E-state index is -0.434. The van der Waals surface area contributed by atoms with E-state index in [0.29, 0.717) is 13.1 Å². The van der Waals surface area contributed by atoms with Gasteiger partial charge in [-0.2, -0.15) is 0 Å². The number of rotatable bonds is 3. The Kier molecular flexibility index (Phi) is 7.56. The van der Waals surface area contributed by atoms with E-state index in [2.05, 4.69) is 25.8 Å². The van der Waals surface area contributed by atoms with Crippen molar-refractivity contribution in [3.8, 4) is 0 Å². The summed E-state index contributed by atoms with van der Waals surface area (Å²) in [6.07, 6.45) is 2.83. The summed E-state index contributed by atoms with van der Waals surface area (Å²) in [6.45, 7) is 7.89. The fourth-order valence-electron chi connectivity index (χ4n) is 2.71. The van der Waals surface area contributed by atoms with Crippen molar-refractivity contribution < 1.29 is 9.53 Å². The number of carbonyl (C=O) groups is 1. The van der Waals surface area contributed by atoms with Crippen LogP contribution in [0, 0.1) is 5.92 Å². The molecule has 0 spiro atoms. The van der Waals surface area contributed by atoms with Crippen LogP contribution in [0.4, 0.5) is 0 Å². The molecule has 0 amide bonds. The number of guanidine groups is 1. The summed E-state index contributed by atoms with van der Waals surface area (Å²) in [5.41, 5.74) is 0.755. The van der Waals surface area contributed by atoms with Crippen LogP contribution in [-0.4, -0.2) is 47.1 Å². The molecule has 1 unspecified atom stereocenters. The molecule has 1 aromatic heterocycles. The van der Waals surface area contributed by atoms with Gasteiger partial charge in [-0.3, -0.25) is 9.79 Å². The van der Waals surface area contributed by atoms with E-state index < -0.39 is 5.60 Å². The van der Waals surface area contributed by atoms with Gasteiger partial charge in [0.2, 0.25) is 0 Å². The smallest absolute Gasteiger partial charge is 0.311 e. The molecule has 1 saturated heterocycles. The maximum atomic E-state index is 12.2. The highest BCUT2D eigenvalue weighted by atomic mass is 127. The summed E-state index contributed by atoms with van der Waals surface area (Å²) in [7, 11) is 3.79. The van der Waals surface area contributed by atoms with E-state index in [1.807, 2.05) is 40.1 Å². The van der Waals surface area contributed by atoms with Gasteiger partial charge in [-0.15, -0.1) is 24.0 Å². The summed E-state index contributed by atoms with van der Waals surface area (Å²) < 4.78 is 7.57. The molecule has 0 saturated carbocycles. The highest BCUT2D eigenvalue weighted by Crippen LogP contribution is 2.20. The first-order valence-electron chi connectivity index (χ1n) is 8.09. The second-order valence-electron chi connectivity index (χ2n) is 6.98. The zero-order valence-electron chi connectivity index (χ0n) is 15.2. The molecule has 2 heterocycles. The molecule has 1 aliphatic heterocycles. The molecule has 2 rings (SSSR count). The molecule has 24 heavy (non-hydrogen) atoms. The molecule has 0 bridgehead atoms. The Balaban J connectivity index is 0.00000288. The van der Waals surface area contributed by atoms with E-state index in [9.17, 15) is 4.79 Å². The van der Waals surface area contributed by atoms with Crippen molar-refractivity contribution >= 4 is 35.9 Å². The number of nitrogens with one attached hydrogen (secondary N) is 1. The van der Waals surface area contributed by atoms with E-state index in [1.54, 1.807) is 7.05 Å². The highest BCUT2D eigenvalue weighted by molar-refractivity contribution is 14.0. The van der Waals surface area contributed by atoms with Gasteiger partial charge in [0.25, 0.3) is 0 Å². The lowest BCUT2D eigenvalue weighted by molar-refractivity contribution is -0.159. The van der Waals surface area contributed by atoms with Crippen LogP contribution in [0.15, 0.2) is 23.3 Å². The van der Waals surface area contributed by atoms with Crippen molar-refractivity contribution in [3.63, 3.8) is 0 Å². The average molecular weight is 448 g/mol. The first-order valence-corrected chi connectivity index (χ1v) is 8.09. The number of hydrogen-bond donors (Lipinski definition) is 1. The first-order chi connectivity index (χ1) is 10.8. The van der Waals surface area contributed by atoms with Crippen LogP contribution in [0.2, 0.25) is 0 Å². The number of esters is 1. The van der Waals surface area contributed by atoms with Gasteiger partial charge in [0.15, 0.2) is 5.96 Å². The maximum Gasteiger partial charge on any atom is 0.311 e. The van der Waals surface area contributed by atoms with Crippen LogP contribution in [0.5, 0.6) is 0 Å². The normalized spacial score (nSPS) is 18.3. The third kappa shape index (κ3) is 5.68. The van der Waals surface area contributed by atoms with Crippen molar-refractivity contribution in [2.45, 2.75) is 39.3 Å². The number of aromatic nitrogens is 1. The maximum absolute atomic E-state index is 12.2. The van der Waals surface area contributed by atoms with Crippen LogP contribution in [-0.2, 0) is 23.1 Å². The summed E-state index contributed by atoms with van der Waals surface area (Å²) in [5.74, 6) is 0.637. The minimum absolute atomic E-state index is 0. The van der Waals surface area contributed by atoms with Gasteiger partial charge in [-0.1, -0.05) is 0 Å². The molecule has 7 heteroatoms. The fourth-order valence-corrected chi connectivity index (χ4v) is 2.71. The first kappa shape index (κ1) is 20.8. The summed E-state index contributed by atoms with van der Waals surface area (Å²) in [6, 6.07) is 4.10. The van der Waals surface area contributed by atoms with Crippen molar-refractivity contribution in [2.75, 3.05) is 20.1 Å². The Labute approximate surface area is 161 Å². The van der Waals surface area contributed by atoms with E-state index >= 15 is 0 Å². The quantitative estimate of drug-likeness (QED) is 0.334. The lowest BCUT2D eigenvalue weighted by atomic mass is 10.1. The van der Waals surface area contributed by atoms with Gasteiger partial charge in [-0.05, 0) is 39.3 Å². The molecule has 6 nitrogen and oxygen atoms in total. The van der Waals surface area contributed by atoms with E-state index in [0.717, 1.165) is 18.9 Å². The van der Waals surface area contributed by atoms with Crippen molar-refractivity contribution in [3.05, 3.63) is 24.0 Å². The number of likely N-dealkylation sites (tertiary alicyclic amines) is 1. The number of aryl methyl sites for hydroxylation is 1. The molecular weight excluding hydrogens is 419 g/mol. The molecule has 1 aliphatic rings. The molecule has 1 N–H and O–H groups in total. The molecule has 1 aromatic rings.